The summed E-state index contributed by atoms with van der Waals surface area (Å²) < 4.78 is 25.3. The Morgan fingerprint density at radius 1 is 1.50 bits per heavy atom. The van der Waals surface area contributed by atoms with Gasteiger partial charge < -0.3 is 5.32 Å². The van der Waals surface area contributed by atoms with Crippen LogP contribution in [0.15, 0.2) is 27.6 Å². The zero-order valence-corrected chi connectivity index (χ0v) is 11.4. The van der Waals surface area contributed by atoms with Crippen LogP contribution in [0.1, 0.15) is 12.0 Å². The molecule has 0 aromatic heterocycles. The lowest BCUT2D eigenvalue weighted by Crippen LogP contribution is -2.22. The summed E-state index contributed by atoms with van der Waals surface area (Å²) in [6.45, 7) is 0.735. The van der Waals surface area contributed by atoms with Gasteiger partial charge in [0.25, 0.3) is 0 Å². The Labute approximate surface area is 104 Å². The lowest BCUT2D eigenvalue weighted by molar-refractivity contribution is 0.575. The Morgan fingerprint density at radius 3 is 2.94 bits per heavy atom. The molecule has 3 nitrogen and oxygen atoms in total. The number of rotatable bonds is 3. The number of hydrogen-bond donors (Lipinski definition) is 1. The van der Waals surface area contributed by atoms with Gasteiger partial charge in [-0.05, 0) is 50.2 Å². The van der Waals surface area contributed by atoms with Gasteiger partial charge >= 0.3 is 0 Å². The van der Waals surface area contributed by atoms with Gasteiger partial charge in [-0.2, -0.15) is 0 Å². The summed E-state index contributed by atoms with van der Waals surface area (Å²) >= 11 is 3.37. The van der Waals surface area contributed by atoms with E-state index in [1.165, 1.54) is 0 Å². The molecule has 0 saturated heterocycles. The van der Waals surface area contributed by atoms with Crippen LogP contribution in [0.4, 0.5) is 0 Å². The smallest absolute Gasteiger partial charge is 0.181 e. The van der Waals surface area contributed by atoms with Crippen molar-refractivity contribution >= 4 is 25.8 Å². The van der Waals surface area contributed by atoms with Crippen molar-refractivity contribution < 1.29 is 8.42 Å². The first-order chi connectivity index (χ1) is 7.55. The number of sulfone groups is 1. The molecule has 0 aliphatic carbocycles. The zero-order valence-electron chi connectivity index (χ0n) is 9.03. The van der Waals surface area contributed by atoms with E-state index >= 15 is 0 Å². The molecule has 5 heteroatoms. The summed E-state index contributed by atoms with van der Waals surface area (Å²) in [5.41, 5.74) is 0.940. The maximum Gasteiger partial charge on any atom is 0.181 e. The number of hydrogen-bond acceptors (Lipinski definition) is 3. The van der Waals surface area contributed by atoms with Crippen molar-refractivity contribution in [2.24, 2.45) is 0 Å². The molecule has 88 valence electrons. The van der Waals surface area contributed by atoms with E-state index < -0.39 is 9.84 Å². The molecular weight excluding hydrogens is 290 g/mol. The molecule has 16 heavy (non-hydrogen) atoms. The lowest BCUT2D eigenvalue weighted by Gasteiger charge is -2.08. The summed E-state index contributed by atoms with van der Waals surface area (Å²) in [6, 6.07) is 5.40. The maximum absolute atomic E-state index is 12.2. The highest BCUT2D eigenvalue weighted by Gasteiger charge is 2.36. The molecular formula is C11H14BrNO2S. The first kappa shape index (κ1) is 12.1. The van der Waals surface area contributed by atoms with Gasteiger partial charge in [-0.1, -0.05) is 15.9 Å². The molecule has 1 aromatic rings. The van der Waals surface area contributed by atoms with Gasteiger partial charge in [0.2, 0.25) is 0 Å². The van der Waals surface area contributed by atoms with E-state index in [1.807, 2.05) is 13.1 Å². The Kier molecular flexibility index (Phi) is 3.37. The molecule has 0 fully saturated rings. The van der Waals surface area contributed by atoms with E-state index in [1.54, 1.807) is 12.1 Å². The maximum atomic E-state index is 12.2. The van der Waals surface area contributed by atoms with Crippen molar-refractivity contribution in [3.8, 4) is 0 Å². The largest absolute Gasteiger partial charge is 0.320 e. The number of halogens is 1. The normalized spacial score (nSPS) is 22.0. The second-order valence-corrected chi connectivity index (χ2v) is 7.13. The summed E-state index contributed by atoms with van der Waals surface area (Å²) in [7, 11) is -1.26. The van der Waals surface area contributed by atoms with E-state index in [0.29, 0.717) is 17.7 Å². The van der Waals surface area contributed by atoms with Gasteiger partial charge in [-0.25, -0.2) is 8.42 Å². The van der Waals surface area contributed by atoms with Crippen molar-refractivity contribution in [1.29, 1.82) is 0 Å². The van der Waals surface area contributed by atoms with Crippen LogP contribution in [-0.2, 0) is 16.3 Å². The monoisotopic (exact) mass is 303 g/mol. The average molecular weight is 304 g/mol. The molecule has 0 saturated carbocycles. The molecule has 0 bridgehead atoms. The summed E-state index contributed by atoms with van der Waals surface area (Å²) in [5.74, 6) is 0. The summed E-state index contributed by atoms with van der Waals surface area (Å²) in [6.07, 6.45) is 1.31. The van der Waals surface area contributed by atoms with E-state index in [2.05, 4.69) is 21.2 Å². The lowest BCUT2D eigenvalue weighted by atomic mass is 10.1. The van der Waals surface area contributed by atoms with Gasteiger partial charge in [0, 0.05) is 4.47 Å². The standard InChI is InChI=1S/C11H14BrNO2S/c1-13-5-4-10-7-8-6-9(12)2-3-11(8)16(10,14)15/h2-3,6,10,13H,4-5,7H2,1H3. The van der Waals surface area contributed by atoms with Crippen molar-refractivity contribution in [1.82, 2.24) is 5.32 Å². The molecule has 1 aliphatic rings. The molecule has 1 aromatic carbocycles. The third-order valence-electron chi connectivity index (χ3n) is 2.93. The summed E-state index contributed by atoms with van der Waals surface area (Å²) in [5, 5.41) is 2.74. The van der Waals surface area contributed by atoms with Crippen molar-refractivity contribution in [2.75, 3.05) is 13.6 Å². The SMILES string of the molecule is CNCCC1Cc2cc(Br)ccc2S1(=O)=O. The van der Waals surface area contributed by atoms with Crippen LogP contribution in [0.5, 0.6) is 0 Å². The van der Waals surface area contributed by atoms with Gasteiger partial charge in [0.05, 0.1) is 10.1 Å². The minimum Gasteiger partial charge on any atom is -0.320 e. The molecule has 1 N–H and O–H groups in total. The Bertz CT molecular complexity index is 499. The molecule has 1 heterocycles. The van der Waals surface area contributed by atoms with Gasteiger partial charge in [-0.3, -0.25) is 0 Å². The second kappa shape index (κ2) is 4.47. The number of nitrogens with one attached hydrogen (secondary N) is 1. The first-order valence-electron chi connectivity index (χ1n) is 5.22. The van der Waals surface area contributed by atoms with Crippen LogP contribution in [0.3, 0.4) is 0 Å². The van der Waals surface area contributed by atoms with Crippen LogP contribution in [0.2, 0.25) is 0 Å². The van der Waals surface area contributed by atoms with E-state index in [4.69, 9.17) is 0 Å². The minimum absolute atomic E-state index is 0.260. The van der Waals surface area contributed by atoms with Gasteiger partial charge in [-0.15, -0.1) is 0 Å². The molecule has 1 unspecified atom stereocenters. The van der Waals surface area contributed by atoms with Crippen LogP contribution in [-0.4, -0.2) is 27.3 Å². The molecule has 1 aliphatic heterocycles. The first-order valence-corrected chi connectivity index (χ1v) is 7.56. The van der Waals surface area contributed by atoms with E-state index in [0.717, 1.165) is 16.6 Å². The molecule has 2 rings (SSSR count). The van der Waals surface area contributed by atoms with Gasteiger partial charge in [0.15, 0.2) is 9.84 Å². The topological polar surface area (TPSA) is 46.2 Å². The highest BCUT2D eigenvalue weighted by molar-refractivity contribution is 9.10. The van der Waals surface area contributed by atoms with Crippen LogP contribution in [0, 0.1) is 0 Å². The van der Waals surface area contributed by atoms with Crippen molar-refractivity contribution in [2.45, 2.75) is 23.0 Å². The Hall–Kier alpha value is -0.390. The third kappa shape index (κ3) is 2.04. The van der Waals surface area contributed by atoms with Gasteiger partial charge in [0.1, 0.15) is 0 Å². The minimum atomic E-state index is -3.10. The fourth-order valence-corrected chi connectivity index (χ4v) is 4.44. The second-order valence-electron chi connectivity index (χ2n) is 4.02. The predicted molar refractivity (Wildman–Crippen MR) is 67.4 cm³/mol. The molecule has 1 atom stereocenters. The number of benzene rings is 1. The summed E-state index contributed by atoms with van der Waals surface area (Å²) in [4.78, 5) is 0.511. The highest BCUT2D eigenvalue weighted by atomic mass is 79.9. The van der Waals surface area contributed by atoms with E-state index in [9.17, 15) is 8.42 Å². The van der Waals surface area contributed by atoms with Crippen LogP contribution < -0.4 is 5.32 Å². The average Bonchev–Trinajstić information content (AvgIpc) is 2.47. The van der Waals surface area contributed by atoms with Crippen molar-refractivity contribution in [3.63, 3.8) is 0 Å². The molecule has 0 radical (unpaired) electrons. The fourth-order valence-electron chi connectivity index (χ4n) is 2.08. The Morgan fingerprint density at radius 2 is 2.25 bits per heavy atom. The number of fused-ring (bicyclic) bond motifs is 1. The molecule has 0 amide bonds. The third-order valence-corrected chi connectivity index (χ3v) is 5.72. The van der Waals surface area contributed by atoms with Crippen molar-refractivity contribution in [3.05, 3.63) is 28.2 Å². The zero-order chi connectivity index (χ0) is 11.8. The van der Waals surface area contributed by atoms with E-state index in [-0.39, 0.29) is 5.25 Å². The quantitative estimate of drug-likeness (QED) is 0.925. The highest BCUT2D eigenvalue weighted by Crippen LogP contribution is 2.34. The van der Waals surface area contributed by atoms with Crippen LogP contribution >= 0.6 is 15.9 Å². The molecule has 0 spiro atoms. The Balaban J connectivity index is 2.34. The van der Waals surface area contributed by atoms with Crippen LogP contribution in [0.25, 0.3) is 0 Å². The fraction of sp³-hybridized carbons (Fsp3) is 0.455. The predicted octanol–water partition coefficient (Wildman–Crippen LogP) is 1.76.